The molecule has 0 aliphatic heterocycles. The van der Waals surface area contributed by atoms with E-state index in [2.05, 4.69) is 20.6 Å². The number of rotatable bonds is 6. The molecule has 1 atom stereocenters. The van der Waals surface area contributed by atoms with Gasteiger partial charge in [0.15, 0.2) is 0 Å². The van der Waals surface area contributed by atoms with Crippen molar-refractivity contribution in [2.24, 2.45) is 5.92 Å². The van der Waals surface area contributed by atoms with Crippen molar-refractivity contribution in [3.8, 4) is 0 Å². The first-order valence-electron chi connectivity index (χ1n) is 6.07. The Balaban J connectivity index is 2.68. The summed E-state index contributed by atoms with van der Waals surface area (Å²) in [4.78, 5) is 21.7. The third kappa shape index (κ3) is 3.87. The van der Waals surface area contributed by atoms with Crippen molar-refractivity contribution in [1.82, 2.24) is 15.3 Å². The Bertz CT molecular complexity index is 396. The van der Waals surface area contributed by atoms with Crippen LogP contribution in [0.15, 0.2) is 12.4 Å². The van der Waals surface area contributed by atoms with Crippen LogP contribution in [0.2, 0.25) is 0 Å². The minimum Gasteiger partial charge on any atom is -0.370 e. The summed E-state index contributed by atoms with van der Waals surface area (Å²) in [5.74, 6) is 1.54. The van der Waals surface area contributed by atoms with Crippen LogP contribution in [-0.2, 0) is 4.79 Å². The maximum Gasteiger partial charge on any atom is 0.224 e. The molecule has 100 valence electrons. The summed E-state index contributed by atoms with van der Waals surface area (Å²) in [5.41, 5.74) is 0. The highest BCUT2D eigenvalue weighted by Crippen LogP contribution is 2.13. The highest BCUT2D eigenvalue weighted by Gasteiger charge is 2.14. The number of nitrogens with zero attached hydrogens (tertiary/aromatic N) is 3. The molecule has 2 N–H and O–H groups in total. The van der Waals surface area contributed by atoms with Gasteiger partial charge < -0.3 is 15.5 Å². The van der Waals surface area contributed by atoms with Crippen LogP contribution in [0.25, 0.3) is 0 Å². The molecular formula is C12H21N5O. The van der Waals surface area contributed by atoms with Crippen molar-refractivity contribution in [3.63, 3.8) is 0 Å². The van der Waals surface area contributed by atoms with E-state index in [1.54, 1.807) is 7.05 Å². The van der Waals surface area contributed by atoms with Gasteiger partial charge in [0.05, 0.1) is 5.92 Å². The lowest BCUT2D eigenvalue weighted by Crippen LogP contribution is -2.34. The van der Waals surface area contributed by atoms with Crippen LogP contribution in [0.4, 0.5) is 11.6 Å². The van der Waals surface area contributed by atoms with Gasteiger partial charge in [0.1, 0.15) is 18.0 Å². The van der Waals surface area contributed by atoms with Crippen LogP contribution in [0.3, 0.4) is 0 Å². The lowest BCUT2D eigenvalue weighted by Gasteiger charge is -2.21. The molecule has 0 aliphatic rings. The van der Waals surface area contributed by atoms with Gasteiger partial charge in [0, 0.05) is 33.3 Å². The molecule has 6 heteroatoms. The maximum absolute atomic E-state index is 11.5. The van der Waals surface area contributed by atoms with Crippen LogP contribution in [0.1, 0.15) is 13.8 Å². The summed E-state index contributed by atoms with van der Waals surface area (Å²) in [6.07, 6.45) is 1.52. The van der Waals surface area contributed by atoms with Crippen LogP contribution in [-0.4, -0.2) is 43.1 Å². The van der Waals surface area contributed by atoms with Gasteiger partial charge in [-0.05, 0) is 6.92 Å². The molecule has 0 aromatic carbocycles. The number of nitrogens with one attached hydrogen (secondary N) is 2. The number of aromatic nitrogens is 2. The largest absolute Gasteiger partial charge is 0.370 e. The number of hydrogen-bond donors (Lipinski definition) is 2. The number of carbonyl (C=O) groups is 1. The average Bonchev–Trinajstić information content (AvgIpc) is 2.38. The standard InChI is InChI=1S/C12H21N5O/c1-5-14-10-6-11(16-8-15-10)17(4)7-9(2)12(18)13-3/h6,8-9H,5,7H2,1-4H3,(H,13,18)(H,14,15,16). The van der Waals surface area contributed by atoms with E-state index in [-0.39, 0.29) is 11.8 Å². The lowest BCUT2D eigenvalue weighted by molar-refractivity contribution is -0.123. The van der Waals surface area contributed by atoms with Crippen molar-refractivity contribution in [1.29, 1.82) is 0 Å². The highest BCUT2D eigenvalue weighted by atomic mass is 16.1. The molecule has 1 rings (SSSR count). The fourth-order valence-electron chi connectivity index (χ4n) is 1.67. The van der Waals surface area contributed by atoms with Gasteiger partial charge in [-0.15, -0.1) is 0 Å². The van der Waals surface area contributed by atoms with E-state index in [1.165, 1.54) is 6.33 Å². The summed E-state index contributed by atoms with van der Waals surface area (Å²) >= 11 is 0. The van der Waals surface area contributed by atoms with E-state index in [1.807, 2.05) is 31.9 Å². The zero-order valence-corrected chi connectivity index (χ0v) is 11.4. The Morgan fingerprint density at radius 1 is 1.50 bits per heavy atom. The van der Waals surface area contributed by atoms with Crippen molar-refractivity contribution in [3.05, 3.63) is 12.4 Å². The van der Waals surface area contributed by atoms with Gasteiger partial charge in [-0.3, -0.25) is 4.79 Å². The average molecular weight is 251 g/mol. The second-order valence-corrected chi connectivity index (χ2v) is 4.19. The molecule has 1 aromatic rings. The minimum atomic E-state index is -0.0856. The van der Waals surface area contributed by atoms with Crippen molar-refractivity contribution < 1.29 is 4.79 Å². The van der Waals surface area contributed by atoms with E-state index in [0.29, 0.717) is 6.54 Å². The number of anilines is 2. The monoisotopic (exact) mass is 251 g/mol. The molecule has 0 aliphatic carbocycles. The molecule has 1 aromatic heterocycles. The van der Waals surface area contributed by atoms with Crippen LogP contribution in [0, 0.1) is 5.92 Å². The lowest BCUT2D eigenvalue weighted by atomic mass is 10.1. The smallest absolute Gasteiger partial charge is 0.224 e. The van der Waals surface area contributed by atoms with Gasteiger partial charge >= 0.3 is 0 Å². The number of amides is 1. The van der Waals surface area contributed by atoms with E-state index in [9.17, 15) is 4.79 Å². The summed E-state index contributed by atoms with van der Waals surface area (Å²) in [5, 5.41) is 5.78. The first-order chi connectivity index (χ1) is 8.58. The Morgan fingerprint density at radius 3 is 2.83 bits per heavy atom. The van der Waals surface area contributed by atoms with E-state index < -0.39 is 0 Å². The van der Waals surface area contributed by atoms with Crippen molar-refractivity contribution in [2.45, 2.75) is 13.8 Å². The van der Waals surface area contributed by atoms with Gasteiger partial charge in [-0.1, -0.05) is 6.92 Å². The summed E-state index contributed by atoms with van der Waals surface area (Å²) in [7, 11) is 3.56. The van der Waals surface area contributed by atoms with Crippen molar-refractivity contribution >= 4 is 17.5 Å². The topological polar surface area (TPSA) is 70.2 Å². The summed E-state index contributed by atoms with van der Waals surface area (Å²) in [6, 6.07) is 1.88. The molecule has 0 saturated carbocycles. The van der Waals surface area contributed by atoms with Gasteiger partial charge in [0.25, 0.3) is 0 Å². The first kappa shape index (κ1) is 14.2. The molecule has 18 heavy (non-hydrogen) atoms. The fraction of sp³-hybridized carbons (Fsp3) is 0.583. The Kier molecular flexibility index (Phi) is 5.35. The molecule has 0 bridgehead atoms. The second-order valence-electron chi connectivity index (χ2n) is 4.19. The first-order valence-corrected chi connectivity index (χ1v) is 6.07. The Hall–Kier alpha value is -1.85. The zero-order valence-electron chi connectivity index (χ0n) is 11.4. The molecule has 1 heterocycles. The summed E-state index contributed by atoms with van der Waals surface area (Å²) < 4.78 is 0. The normalized spacial score (nSPS) is 11.8. The summed E-state index contributed by atoms with van der Waals surface area (Å²) in [6.45, 7) is 5.33. The fourth-order valence-corrected chi connectivity index (χ4v) is 1.67. The van der Waals surface area contributed by atoms with Gasteiger partial charge in [-0.25, -0.2) is 9.97 Å². The molecule has 0 fully saturated rings. The third-order valence-corrected chi connectivity index (χ3v) is 2.64. The molecule has 0 spiro atoms. The van der Waals surface area contributed by atoms with E-state index >= 15 is 0 Å². The highest BCUT2D eigenvalue weighted by molar-refractivity contribution is 5.78. The van der Waals surface area contributed by atoms with E-state index in [0.717, 1.165) is 18.2 Å². The number of carbonyl (C=O) groups excluding carboxylic acids is 1. The molecule has 6 nitrogen and oxygen atoms in total. The predicted molar refractivity (Wildman–Crippen MR) is 72.7 cm³/mol. The third-order valence-electron chi connectivity index (χ3n) is 2.64. The SMILES string of the molecule is CCNc1cc(N(C)CC(C)C(=O)NC)ncn1. The van der Waals surface area contributed by atoms with Crippen LogP contribution < -0.4 is 15.5 Å². The second kappa shape index (κ2) is 6.78. The van der Waals surface area contributed by atoms with Crippen LogP contribution in [0.5, 0.6) is 0 Å². The molecule has 0 radical (unpaired) electrons. The predicted octanol–water partition coefficient (Wildman–Crippen LogP) is 0.727. The molecule has 1 unspecified atom stereocenters. The van der Waals surface area contributed by atoms with Gasteiger partial charge in [0.2, 0.25) is 5.91 Å². The number of hydrogen-bond acceptors (Lipinski definition) is 5. The van der Waals surface area contributed by atoms with Crippen molar-refractivity contribution in [2.75, 3.05) is 37.4 Å². The van der Waals surface area contributed by atoms with Crippen LogP contribution >= 0.6 is 0 Å². The zero-order chi connectivity index (χ0) is 13.5. The quantitative estimate of drug-likeness (QED) is 0.780. The van der Waals surface area contributed by atoms with E-state index in [4.69, 9.17) is 0 Å². The Morgan fingerprint density at radius 2 is 2.22 bits per heavy atom. The molecule has 1 amide bonds. The Labute approximate surface area is 108 Å². The minimum absolute atomic E-state index is 0.0304. The molecule has 0 saturated heterocycles. The van der Waals surface area contributed by atoms with Gasteiger partial charge in [-0.2, -0.15) is 0 Å². The molecular weight excluding hydrogens is 230 g/mol. The maximum atomic E-state index is 11.5.